The van der Waals surface area contributed by atoms with Crippen molar-refractivity contribution in [1.82, 2.24) is 5.16 Å². The van der Waals surface area contributed by atoms with Gasteiger partial charge in [-0.25, -0.2) is 0 Å². The Hall–Kier alpha value is -2.15. The molecule has 0 spiro atoms. The van der Waals surface area contributed by atoms with Crippen LogP contribution < -0.4 is 10.2 Å². The molecular formula is C16H16BrN3O3. The zero-order valence-electron chi connectivity index (χ0n) is 12.8. The number of nitrogens with zero attached hydrogens (tertiary/aromatic N) is 2. The number of halogens is 1. The Labute approximate surface area is 142 Å². The van der Waals surface area contributed by atoms with Crippen LogP contribution in [0.5, 0.6) is 0 Å². The maximum absolute atomic E-state index is 12.5. The smallest absolute Gasteiger partial charge is 0.229 e. The van der Waals surface area contributed by atoms with Crippen LogP contribution in [0.15, 0.2) is 33.3 Å². The highest BCUT2D eigenvalue weighted by Gasteiger charge is 2.36. The van der Waals surface area contributed by atoms with E-state index in [1.165, 1.54) is 0 Å². The van der Waals surface area contributed by atoms with Crippen molar-refractivity contribution >= 4 is 39.1 Å². The van der Waals surface area contributed by atoms with E-state index in [0.29, 0.717) is 23.7 Å². The number of carbonyl (C=O) groups is 2. The van der Waals surface area contributed by atoms with E-state index in [1.807, 2.05) is 24.3 Å². The highest BCUT2D eigenvalue weighted by molar-refractivity contribution is 9.10. The zero-order chi connectivity index (χ0) is 16.6. The molecule has 1 aromatic carbocycles. The van der Waals surface area contributed by atoms with Crippen LogP contribution in [-0.2, 0) is 9.59 Å². The van der Waals surface area contributed by atoms with E-state index < -0.39 is 5.92 Å². The molecule has 2 aromatic rings. The second kappa shape index (κ2) is 6.16. The van der Waals surface area contributed by atoms with Crippen molar-refractivity contribution in [2.45, 2.75) is 20.3 Å². The van der Waals surface area contributed by atoms with Crippen molar-refractivity contribution in [2.24, 2.45) is 5.92 Å². The van der Waals surface area contributed by atoms with Crippen LogP contribution in [0.3, 0.4) is 0 Å². The van der Waals surface area contributed by atoms with Crippen LogP contribution in [0, 0.1) is 19.8 Å². The van der Waals surface area contributed by atoms with Crippen LogP contribution in [0.4, 0.5) is 11.4 Å². The van der Waals surface area contributed by atoms with Crippen LogP contribution in [-0.4, -0.2) is 23.5 Å². The summed E-state index contributed by atoms with van der Waals surface area (Å²) in [7, 11) is 0. The molecule has 1 aliphatic heterocycles. The first-order valence-electron chi connectivity index (χ1n) is 7.26. The fourth-order valence-corrected chi connectivity index (χ4v) is 3.17. The van der Waals surface area contributed by atoms with E-state index in [0.717, 1.165) is 10.2 Å². The van der Waals surface area contributed by atoms with Crippen molar-refractivity contribution in [3.8, 4) is 0 Å². The Morgan fingerprint density at radius 1 is 1.39 bits per heavy atom. The molecule has 3 rings (SSSR count). The quantitative estimate of drug-likeness (QED) is 0.891. The minimum atomic E-state index is -0.400. The van der Waals surface area contributed by atoms with Crippen molar-refractivity contribution in [3.63, 3.8) is 0 Å². The number of benzene rings is 1. The molecule has 7 heteroatoms. The van der Waals surface area contributed by atoms with Gasteiger partial charge in [-0.2, -0.15) is 0 Å². The number of aromatic nitrogens is 1. The van der Waals surface area contributed by atoms with Crippen LogP contribution >= 0.6 is 15.9 Å². The summed E-state index contributed by atoms with van der Waals surface area (Å²) in [4.78, 5) is 26.4. The number of hydrogen-bond donors (Lipinski definition) is 1. The van der Waals surface area contributed by atoms with E-state index in [2.05, 4.69) is 26.4 Å². The molecule has 2 amide bonds. The van der Waals surface area contributed by atoms with Gasteiger partial charge >= 0.3 is 0 Å². The van der Waals surface area contributed by atoms with Crippen LogP contribution in [0.1, 0.15) is 17.9 Å². The van der Waals surface area contributed by atoms with Gasteiger partial charge in [-0.1, -0.05) is 17.3 Å². The highest BCUT2D eigenvalue weighted by atomic mass is 79.9. The SMILES string of the molecule is Cc1noc(C)c1NC(=O)C1CC(=O)N(c2ccccc2Br)C1. The topological polar surface area (TPSA) is 75.4 Å². The van der Waals surface area contributed by atoms with Gasteiger partial charge in [0.15, 0.2) is 5.76 Å². The Bertz CT molecular complexity index is 752. The number of para-hydroxylation sites is 1. The number of hydrogen-bond acceptors (Lipinski definition) is 4. The summed E-state index contributed by atoms with van der Waals surface area (Å²) in [6.07, 6.45) is 0.191. The molecule has 1 unspecified atom stereocenters. The minimum Gasteiger partial charge on any atom is -0.359 e. The van der Waals surface area contributed by atoms with Gasteiger partial charge in [-0.05, 0) is 41.9 Å². The predicted octanol–water partition coefficient (Wildman–Crippen LogP) is 3.05. The highest BCUT2D eigenvalue weighted by Crippen LogP contribution is 2.32. The lowest BCUT2D eigenvalue weighted by molar-refractivity contribution is -0.122. The molecule has 1 fully saturated rings. The molecule has 6 nitrogen and oxygen atoms in total. The summed E-state index contributed by atoms with van der Waals surface area (Å²) in [6.45, 7) is 3.86. The second-order valence-corrected chi connectivity index (χ2v) is 6.40. The molecule has 1 aromatic heterocycles. The summed E-state index contributed by atoms with van der Waals surface area (Å²) >= 11 is 3.44. The minimum absolute atomic E-state index is 0.0594. The van der Waals surface area contributed by atoms with E-state index in [-0.39, 0.29) is 18.2 Å². The van der Waals surface area contributed by atoms with Gasteiger partial charge in [-0.3, -0.25) is 9.59 Å². The number of carbonyl (C=O) groups excluding carboxylic acids is 2. The third-order valence-electron chi connectivity index (χ3n) is 3.92. The van der Waals surface area contributed by atoms with Gasteiger partial charge < -0.3 is 14.7 Å². The number of amides is 2. The normalized spacial score (nSPS) is 17.6. The van der Waals surface area contributed by atoms with Crippen molar-refractivity contribution < 1.29 is 14.1 Å². The maximum Gasteiger partial charge on any atom is 0.229 e. The molecular weight excluding hydrogens is 362 g/mol. The average Bonchev–Trinajstić information content (AvgIpc) is 3.05. The first kappa shape index (κ1) is 15.7. The molecule has 1 atom stereocenters. The van der Waals surface area contributed by atoms with Gasteiger partial charge in [-0.15, -0.1) is 0 Å². The molecule has 1 saturated heterocycles. The summed E-state index contributed by atoms with van der Waals surface area (Å²) in [5.41, 5.74) is 2.00. The van der Waals surface area contributed by atoms with E-state index in [1.54, 1.807) is 18.7 Å². The molecule has 0 bridgehead atoms. The van der Waals surface area contributed by atoms with Gasteiger partial charge in [0.05, 0.1) is 11.6 Å². The third-order valence-corrected chi connectivity index (χ3v) is 4.59. The fourth-order valence-electron chi connectivity index (χ4n) is 2.67. The predicted molar refractivity (Wildman–Crippen MR) is 89.2 cm³/mol. The van der Waals surface area contributed by atoms with Gasteiger partial charge in [0.2, 0.25) is 11.8 Å². The first-order chi connectivity index (χ1) is 11.0. The molecule has 2 heterocycles. The van der Waals surface area contributed by atoms with E-state index in [4.69, 9.17) is 4.52 Å². The van der Waals surface area contributed by atoms with Crippen molar-refractivity contribution in [2.75, 3.05) is 16.8 Å². The summed E-state index contributed by atoms with van der Waals surface area (Å²) in [5.74, 6) is -0.0933. The largest absolute Gasteiger partial charge is 0.359 e. The Morgan fingerprint density at radius 2 is 2.13 bits per heavy atom. The number of aryl methyl sites for hydroxylation is 2. The van der Waals surface area contributed by atoms with Crippen molar-refractivity contribution in [1.29, 1.82) is 0 Å². The lowest BCUT2D eigenvalue weighted by Gasteiger charge is -2.18. The molecule has 0 aliphatic carbocycles. The lowest BCUT2D eigenvalue weighted by Crippen LogP contribution is -2.28. The van der Waals surface area contributed by atoms with E-state index in [9.17, 15) is 9.59 Å². The molecule has 0 radical (unpaired) electrons. The zero-order valence-corrected chi connectivity index (χ0v) is 14.4. The second-order valence-electron chi connectivity index (χ2n) is 5.55. The summed E-state index contributed by atoms with van der Waals surface area (Å²) in [6, 6.07) is 7.48. The van der Waals surface area contributed by atoms with Crippen LogP contribution in [0.25, 0.3) is 0 Å². The molecule has 1 N–H and O–H groups in total. The Balaban J connectivity index is 1.75. The van der Waals surface area contributed by atoms with Crippen LogP contribution in [0.2, 0.25) is 0 Å². The van der Waals surface area contributed by atoms with Crippen molar-refractivity contribution in [3.05, 3.63) is 40.2 Å². The first-order valence-corrected chi connectivity index (χ1v) is 8.05. The Kier molecular flexibility index (Phi) is 4.21. The lowest BCUT2D eigenvalue weighted by atomic mass is 10.1. The molecule has 1 aliphatic rings. The standard InChI is InChI=1S/C16H16BrN3O3/c1-9-15(10(2)23-19-9)18-16(22)11-7-14(21)20(8-11)13-6-4-3-5-12(13)17/h3-6,11H,7-8H2,1-2H3,(H,18,22). The molecule has 0 saturated carbocycles. The van der Waals surface area contributed by atoms with Gasteiger partial charge in [0.25, 0.3) is 0 Å². The average molecular weight is 378 g/mol. The third kappa shape index (κ3) is 3.01. The maximum atomic E-state index is 12.5. The van der Waals surface area contributed by atoms with Gasteiger partial charge in [0.1, 0.15) is 11.4 Å². The molecule has 23 heavy (non-hydrogen) atoms. The number of nitrogens with one attached hydrogen (secondary N) is 1. The van der Waals surface area contributed by atoms with Gasteiger partial charge in [0, 0.05) is 17.4 Å². The summed E-state index contributed by atoms with van der Waals surface area (Å²) in [5, 5.41) is 6.63. The molecule has 120 valence electrons. The summed E-state index contributed by atoms with van der Waals surface area (Å²) < 4.78 is 5.87. The number of anilines is 2. The number of rotatable bonds is 3. The Morgan fingerprint density at radius 3 is 2.78 bits per heavy atom. The fraction of sp³-hybridized carbons (Fsp3) is 0.312. The monoisotopic (exact) mass is 377 g/mol. The van der Waals surface area contributed by atoms with E-state index >= 15 is 0 Å².